The average molecular weight is 563 g/mol. The van der Waals surface area contributed by atoms with Crippen molar-refractivity contribution in [1.82, 2.24) is 9.38 Å². The molecule has 2 aromatic carbocycles. The fourth-order valence-electron chi connectivity index (χ4n) is 3.89. The molecule has 0 atom stereocenters. The van der Waals surface area contributed by atoms with Crippen LogP contribution in [-0.4, -0.2) is 46.9 Å². The summed E-state index contributed by atoms with van der Waals surface area (Å²) >= 11 is 0.901. The van der Waals surface area contributed by atoms with Crippen LogP contribution in [0.15, 0.2) is 59.4 Å². The number of carbonyl (C=O) groups excluding carboxylic acids is 4. The molecular formula is C28H26N4O7S. The Morgan fingerprint density at radius 3 is 2.30 bits per heavy atom. The number of benzene rings is 2. The van der Waals surface area contributed by atoms with E-state index in [1.807, 2.05) is 6.92 Å². The molecule has 11 nitrogen and oxygen atoms in total. The van der Waals surface area contributed by atoms with Crippen molar-refractivity contribution in [3.63, 3.8) is 0 Å². The van der Waals surface area contributed by atoms with Crippen LogP contribution >= 0.6 is 11.3 Å². The van der Waals surface area contributed by atoms with Crippen molar-refractivity contribution in [2.75, 3.05) is 24.4 Å². The van der Waals surface area contributed by atoms with Gasteiger partial charge in [0.25, 0.3) is 17.4 Å². The number of hydrogen-bond acceptors (Lipinski definition) is 9. The van der Waals surface area contributed by atoms with E-state index in [0.29, 0.717) is 23.4 Å². The number of esters is 2. The first-order valence-corrected chi connectivity index (χ1v) is 13.2. The predicted octanol–water partition coefficient (Wildman–Crippen LogP) is 4.18. The van der Waals surface area contributed by atoms with Gasteiger partial charge in [-0.3, -0.25) is 14.4 Å². The summed E-state index contributed by atoms with van der Waals surface area (Å²) in [6.45, 7) is 3.82. The quantitative estimate of drug-likeness (QED) is 0.289. The van der Waals surface area contributed by atoms with Crippen LogP contribution in [0.25, 0.3) is 4.96 Å². The predicted molar refractivity (Wildman–Crippen MR) is 149 cm³/mol. The molecule has 0 bridgehead atoms. The number of ether oxygens (including phenoxy) is 2. The number of thiazole rings is 1. The van der Waals surface area contributed by atoms with Gasteiger partial charge in [0.1, 0.15) is 10.6 Å². The molecule has 4 rings (SSSR count). The lowest BCUT2D eigenvalue weighted by Crippen LogP contribution is -2.25. The van der Waals surface area contributed by atoms with Gasteiger partial charge in [-0.15, -0.1) is 0 Å². The smallest absolute Gasteiger partial charge is 0.338 e. The molecule has 0 fully saturated rings. The normalized spacial score (nSPS) is 10.7. The maximum absolute atomic E-state index is 13.5. The molecule has 4 aromatic rings. The zero-order chi connectivity index (χ0) is 28.8. The maximum Gasteiger partial charge on any atom is 0.338 e. The zero-order valence-corrected chi connectivity index (χ0v) is 22.8. The first-order chi connectivity index (χ1) is 19.2. The van der Waals surface area contributed by atoms with Gasteiger partial charge in [-0.1, -0.05) is 30.7 Å². The minimum Gasteiger partial charge on any atom is -0.465 e. The van der Waals surface area contributed by atoms with Crippen LogP contribution < -0.4 is 16.2 Å². The van der Waals surface area contributed by atoms with Crippen molar-refractivity contribution in [3.05, 3.63) is 92.3 Å². The van der Waals surface area contributed by atoms with E-state index in [-0.39, 0.29) is 33.4 Å². The largest absolute Gasteiger partial charge is 0.465 e. The van der Waals surface area contributed by atoms with Crippen LogP contribution in [0.4, 0.5) is 11.4 Å². The fourth-order valence-corrected chi connectivity index (χ4v) is 4.93. The van der Waals surface area contributed by atoms with Crippen molar-refractivity contribution in [3.8, 4) is 0 Å². The van der Waals surface area contributed by atoms with E-state index < -0.39 is 29.3 Å². The molecule has 0 radical (unpaired) electrons. The molecule has 2 amide bonds. The standard InChI is InChI=1S/C28H26N4O7S/c1-4-7-19-15-21(33)32-22(24(34)30-20-9-6-8-17(14-20)27(37)39-5-2)23(40-28(32)31-19)25(35)29-18-12-10-16(11-13-18)26(36)38-3/h6,8-15H,4-5,7H2,1-3H3,(H,29,35)(H,30,34). The molecule has 40 heavy (non-hydrogen) atoms. The molecule has 0 aliphatic carbocycles. The minimum absolute atomic E-state index is 0.0469. The Morgan fingerprint density at radius 2 is 1.62 bits per heavy atom. The zero-order valence-electron chi connectivity index (χ0n) is 22.0. The molecule has 0 saturated carbocycles. The minimum atomic E-state index is -0.745. The van der Waals surface area contributed by atoms with Gasteiger partial charge in [-0.05, 0) is 55.8 Å². The molecule has 0 spiro atoms. The number of aryl methyl sites for hydroxylation is 1. The number of rotatable bonds is 9. The van der Waals surface area contributed by atoms with Crippen molar-refractivity contribution < 1.29 is 28.7 Å². The van der Waals surface area contributed by atoms with E-state index >= 15 is 0 Å². The lowest BCUT2D eigenvalue weighted by Gasteiger charge is -2.10. The van der Waals surface area contributed by atoms with Gasteiger partial charge < -0.3 is 20.1 Å². The molecule has 2 aromatic heterocycles. The van der Waals surface area contributed by atoms with Crippen LogP contribution in [-0.2, 0) is 15.9 Å². The van der Waals surface area contributed by atoms with Gasteiger partial charge in [0.15, 0.2) is 4.96 Å². The second-order valence-corrected chi connectivity index (χ2v) is 9.49. The summed E-state index contributed by atoms with van der Waals surface area (Å²) < 4.78 is 10.8. The molecule has 12 heteroatoms. The van der Waals surface area contributed by atoms with E-state index in [1.165, 1.54) is 43.5 Å². The molecule has 0 aliphatic rings. The van der Waals surface area contributed by atoms with Gasteiger partial charge >= 0.3 is 11.9 Å². The number of amides is 2. The summed E-state index contributed by atoms with van der Waals surface area (Å²) in [6.07, 6.45) is 1.31. The third-order valence-corrected chi connectivity index (χ3v) is 6.74. The summed E-state index contributed by atoms with van der Waals surface area (Å²) in [7, 11) is 1.26. The molecule has 2 N–H and O–H groups in total. The topological polar surface area (TPSA) is 145 Å². The number of methoxy groups -OCH3 is 1. The fraction of sp³-hybridized carbons (Fsp3) is 0.214. The van der Waals surface area contributed by atoms with Gasteiger partial charge in [0, 0.05) is 23.1 Å². The molecule has 2 heterocycles. The average Bonchev–Trinajstić information content (AvgIpc) is 3.34. The van der Waals surface area contributed by atoms with Crippen molar-refractivity contribution in [2.45, 2.75) is 26.7 Å². The third kappa shape index (κ3) is 6.07. The summed E-state index contributed by atoms with van der Waals surface area (Å²) in [5.74, 6) is -2.47. The monoisotopic (exact) mass is 562 g/mol. The Morgan fingerprint density at radius 1 is 0.900 bits per heavy atom. The number of fused-ring (bicyclic) bond motifs is 1. The first-order valence-electron chi connectivity index (χ1n) is 12.4. The Balaban J connectivity index is 1.73. The highest BCUT2D eigenvalue weighted by Gasteiger charge is 2.27. The van der Waals surface area contributed by atoms with Crippen LogP contribution in [0, 0.1) is 0 Å². The van der Waals surface area contributed by atoms with E-state index in [2.05, 4.69) is 20.4 Å². The van der Waals surface area contributed by atoms with E-state index in [0.717, 1.165) is 22.2 Å². The number of anilines is 2. The number of nitrogens with one attached hydrogen (secondary N) is 2. The number of aromatic nitrogens is 2. The molecule has 0 saturated heterocycles. The molecule has 0 unspecified atom stereocenters. The van der Waals surface area contributed by atoms with Crippen LogP contribution in [0.3, 0.4) is 0 Å². The Labute approximate surface area is 232 Å². The Bertz CT molecular complexity index is 1660. The molecular weight excluding hydrogens is 536 g/mol. The van der Waals surface area contributed by atoms with Crippen molar-refractivity contribution >= 4 is 51.4 Å². The molecule has 206 valence electrons. The van der Waals surface area contributed by atoms with Gasteiger partial charge in [0.2, 0.25) is 0 Å². The second-order valence-electron chi connectivity index (χ2n) is 8.51. The van der Waals surface area contributed by atoms with E-state index in [9.17, 15) is 24.0 Å². The highest BCUT2D eigenvalue weighted by Crippen LogP contribution is 2.25. The SMILES string of the molecule is CCCc1cc(=O)n2c(C(=O)Nc3cccc(C(=O)OCC)c3)c(C(=O)Nc3ccc(C(=O)OC)cc3)sc2n1. The Hall–Kier alpha value is -4.84. The van der Waals surface area contributed by atoms with Crippen LogP contribution in [0.5, 0.6) is 0 Å². The van der Waals surface area contributed by atoms with Gasteiger partial charge in [-0.2, -0.15) is 0 Å². The molecule has 0 aliphatic heterocycles. The summed E-state index contributed by atoms with van der Waals surface area (Å²) in [6, 6.07) is 13.5. The highest BCUT2D eigenvalue weighted by molar-refractivity contribution is 7.19. The van der Waals surface area contributed by atoms with Crippen LogP contribution in [0.2, 0.25) is 0 Å². The summed E-state index contributed by atoms with van der Waals surface area (Å²) in [4.78, 5) is 68.5. The maximum atomic E-state index is 13.5. The first kappa shape index (κ1) is 28.2. The number of nitrogens with zero attached hydrogens (tertiary/aromatic N) is 2. The lowest BCUT2D eigenvalue weighted by atomic mass is 10.2. The summed E-state index contributed by atoms with van der Waals surface area (Å²) in [5, 5.41) is 5.36. The second kappa shape index (κ2) is 12.3. The number of carbonyl (C=O) groups is 4. The van der Waals surface area contributed by atoms with E-state index in [1.54, 1.807) is 25.1 Å². The Kier molecular flexibility index (Phi) is 8.70. The van der Waals surface area contributed by atoms with Gasteiger partial charge in [-0.25, -0.2) is 19.0 Å². The summed E-state index contributed by atoms with van der Waals surface area (Å²) in [5.41, 5.74) is 0.993. The highest BCUT2D eigenvalue weighted by atomic mass is 32.1. The third-order valence-electron chi connectivity index (χ3n) is 5.70. The lowest BCUT2D eigenvalue weighted by molar-refractivity contribution is 0.0525. The van der Waals surface area contributed by atoms with Gasteiger partial charge in [0.05, 0.1) is 24.8 Å². The van der Waals surface area contributed by atoms with E-state index in [4.69, 9.17) is 4.74 Å². The van der Waals surface area contributed by atoms with Crippen molar-refractivity contribution in [1.29, 1.82) is 0 Å². The number of hydrogen-bond donors (Lipinski definition) is 2. The van der Waals surface area contributed by atoms with Crippen molar-refractivity contribution in [2.24, 2.45) is 0 Å². The van der Waals surface area contributed by atoms with Crippen LogP contribution in [0.1, 0.15) is 66.8 Å².